The Balaban J connectivity index is 3.35. The SMILES string of the molecule is CC/C=C/C(C)CC=N. The van der Waals surface area contributed by atoms with Gasteiger partial charge in [0.15, 0.2) is 0 Å². The second kappa shape index (κ2) is 5.54. The molecule has 52 valence electrons. The van der Waals surface area contributed by atoms with Crippen LogP contribution in [0.1, 0.15) is 26.7 Å². The number of allylic oxidation sites excluding steroid dienone is 2. The third-order valence-corrected chi connectivity index (χ3v) is 1.19. The van der Waals surface area contributed by atoms with E-state index in [1.54, 1.807) is 0 Å². The highest BCUT2D eigenvalue weighted by Gasteiger charge is 1.89. The maximum absolute atomic E-state index is 6.81. The zero-order valence-electron chi connectivity index (χ0n) is 6.22. The Morgan fingerprint density at radius 1 is 1.56 bits per heavy atom. The monoisotopic (exact) mass is 125 g/mol. The van der Waals surface area contributed by atoms with Gasteiger partial charge >= 0.3 is 0 Å². The lowest BCUT2D eigenvalue weighted by atomic mass is 10.1. The Labute approximate surface area is 57.3 Å². The van der Waals surface area contributed by atoms with Crippen LogP contribution in [0.3, 0.4) is 0 Å². The molecule has 0 fully saturated rings. The summed E-state index contributed by atoms with van der Waals surface area (Å²) in [4.78, 5) is 0. The Bertz CT molecular complexity index is 94.7. The Kier molecular flexibility index (Phi) is 5.18. The van der Waals surface area contributed by atoms with Gasteiger partial charge in [-0.25, -0.2) is 0 Å². The third kappa shape index (κ3) is 5.28. The highest BCUT2D eigenvalue weighted by atomic mass is 14.3. The lowest BCUT2D eigenvalue weighted by Crippen LogP contribution is -1.88. The number of hydrogen-bond donors (Lipinski definition) is 1. The predicted molar refractivity (Wildman–Crippen MR) is 42.0 cm³/mol. The molecule has 0 saturated heterocycles. The first-order valence-corrected chi connectivity index (χ1v) is 3.46. The molecule has 0 aromatic rings. The first-order chi connectivity index (χ1) is 4.31. The molecule has 0 aromatic carbocycles. The Morgan fingerprint density at radius 3 is 2.67 bits per heavy atom. The summed E-state index contributed by atoms with van der Waals surface area (Å²) in [5.74, 6) is 0.544. The van der Waals surface area contributed by atoms with Crippen LogP contribution in [-0.2, 0) is 0 Å². The molecule has 0 rings (SSSR count). The molecule has 1 atom stereocenters. The van der Waals surface area contributed by atoms with E-state index in [9.17, 15) is 0 Å². The van der Waals surface area contributed by atoms with E-state index >= 15 is 0 Å². The maximum atomic E-state index is 6.81. The first-order valence-electron chi connectivity index (χ1n) is 3.46. The second-order valence-electron chi connectivity index (χ2n) is 2.25. The average molecular weight is 125 g/mol. The van der Waals surface area contributed by atoms with Crippen LogP contribution >= 0.6 is 0 Å². The normalized spacial score (nSPS) is 14.0. The van der Waals surface area contributed by atoms with Crippen LogP contribution in [0.5, 0.6) is 0 Å². The van der Waals surface area contributed by atoms with E-state index in [1.165, 1.54) is 6.21 Å². The smallest absolute Gasteiger partial charge is 0.00420 e. The fourth-order valence-electron chi connectivity index (χ4n) is 0.633. The van der Waals surface area contributed by atoms with E-state index in [1.807, 2.05) is 0 Å². The number of rotatable bonds is 4. The molecule has 0 radical (unpaired) electrons. The Morgan fingerprint density at radius 2 is 2.22 bits per heavy atom. The largest absolute Gasteiger partial charge is 0.313 e. The van der Waals surface area contributed by atoms with E-state index in [0.29, 0.717) is 5.92 Å². The van der Waals surface area contributed by atoms with Gasteiger partial charge in [0.05, 0.1) is 0 Å². The lowest BCUT2D eigenvalue weighted by Gasteiger charge is -1.97. The fraction of sp³-hybridized carbons (Fsp3) is 0.625. The molecular weight excluding hydrogens is 110 g/mol. The van der Waals surface area contributed by atoms with Gasteiger partial charge in [-0.3, -0.25) is 0 Å². The van der Waals surface area contributed by atoms with E-state index in [2.05, 4.69) is 26.0 Å². The van der Waals surface area contributed by atoms with Crippen LogP contribution in [0.15, 0.2) is 12.2 Å². The molecule has 0 aliphatic rings. The zero-order valence-corrected chi connectivity index (χ0v) is 6.22. The van der Waals surface area contributed by atoms with Gasteiger partial charge in [-0.15, -0.1) is 0 Å². The predicted octanol–water partition coefficient (Wildman–Crippen LogP) is 2.63. The molecule has 0 aliphatic heterocycles. The lowest BCUT2D eigenvalue weighted by molar-refractivity contribution is 0.771. The van der Waals surface area contributed by atoms with E-state index in [-0.39, 0.29) is 0 Å². The fourth-order valence-corrected chi connectivity index (χ4v) is 0.633. The topological polar surface area (TPSA) is 23.9 Å². The molecule has 1 nitrogen and oxygen atoms in total. The van der Waals surface area contributed by atoms with Crippen LogP contribution < -0.4 is 0 Å². The summed E-state index contributed by atoms with van der Waals surface area (Å²) in [5.41, 5.74) is 0. The van der Waals surface area contributed by atoms with Gasteiger partial charge in [-0.05, 0) is 25.0 Å². The van der Waals surface area contributed by atoms with Gasteiger partial charge in [0.1, 0.15) is 0 Å². The molecule has 1 N–H and O–H groups in total. The van der Waals surface area contributed by atoms with Crippen molar-refractivity contribution in [3.63, 3.8) is 0 Å². The maximum Gasteiger partial charge on any atom is -0.00420 e. The van der Waals surface area contributed by atoms with Gasteiger partial charge in [-0.2, -0.15) is 0 Å². The van der Waals surface area contributed by atoms with E-state index < -0.39 is 0 Å². The standard InChI is InChI=1S/C8H15N/c1-3-4-5-8(2)6-7-9/h4-5,7-9H,3,6H2,1-2H3/b5-4+,9-7?. The molecule has 0 aliphatic carbocycles. The van der Waals surface area contributed by atoms with Crippen molar-refractivity contribution in [3.05, 3.63) is 12.2 Å². The van der Waals surface area contributed by atoms with Crippen LogP contribution in [0.2, 0.25) is 0 Å². The van der Waals surface area contributed by atoms with Crippen LogP contribution in [0.25, 0.3) is 0 Å². The van der Waals surface area contributed by atoms with Crippen LogP contribution in [0, 0.1) is 11.3 Å². The zero-order chi connectivity index (χ0) is 7.11. The molecule has 0 saturated carbocycles. The third-order valence-electron chi connectivity index (χ3n) is 1.19. The van der Waals surface area contributed by atoms with Crippen molar-refractivity contribution in [2.45, 2.75) is 26.7 Å². The van der Waals surface area contributed by atoms with Crippen molar-refractivity contribution in [3.8, 4) is 0 Å². The Hall–Kier alpha value is -0.590. The minimum absolute atomic E-state index is 0.544. The molecule has 0 spiro atoms. The van der Waals surface area contributed by atoms with Gasteiger partial charge in [0, 0.05) is 0 Å². The summed E-state index contributed by atoms with van der Waals surface area (Å²) in [7, 11) is 0. The quantitative estimate of drug-likeness (QED) is 0.441. The molecule has 9 heavy (non-hydrogen) atoms. The van der Waals surface area contributed by atoms with Crippen molar-refractivity contribution >= 4 is 6.21 Å². The number of nitrogens with one attached hydrogen (secondary N) is 1. The van der Waals surface area contributed by atoms with Crippen molar-refractivity contribution in [2.24, 2.45) is 5.92 Å². The van der Waals surface area contributed by atoms with Gasteiger partial charge in [-0.1, -0.05) is 26.0 Å². The minimum Gasteiger partial charge on any atom is -0.313 e. The summed E-state index contributed by atoms with van der Waals surface area (Å²) in [6, 6.07) is 0. The molecule has 1 heteroatoms. The molecule has 0 amide bonds. The highest BCUT2D eigenvalue weighted by Crippen LogP contribution is 2.00. The average Bonchev–Trinajstić information content (AvgIpc) is 1.85. The molecule has 0 heterocycles. The van der Waals surface area contributed by atoms with E-state index in [4.69, 9.17) is 5.41 Å². The van der Waals surface area contributed by atoms with Gasteiger partial charge in [0.2, 0.25) is 0 Å². The second-order valence-corrected chi connectivity index (χ2v) is 2.25. The summed E-state index contributed by atoms with van der Waals surface area (Å²) < 4.78 is 0. The molecular formula is C8H15N. The summed E-state index contributed by atoms with van der Waals surface area (Å²) in [6.07, 6.45) is 7.74. The molecule has 0 bridgehead atoms. The van der Waals surface area contributed by atoms with Gasteiger partial charge < -0.3 is 5.41 Å². The molecule has 1 unspecified atom stereocenters. The first kappa shape index (κ1) is 8.41. The highest BCUT2D eigenvalue weighted by molar-refractivity contribution is 5.53. The van der Waals surface area contributed by atoms with Crippen LogP contribution in [-0.4, -0.2) is 6.21 Å². The summed E-state index contributed by atoms with van der Waals surface area (Å²) in [6.45, 7) is 4.24. The summed E-state index contributed by atoms with van der Waals surface area (Å²) in [5, 5.41) is 6.81. The minimum atomic E-state index is 0.544. The summed E-state index contributed by atoms with van der Waals surface area (Å²) >= 11 is 0. The van der Waals surface area contributed by atoms with Crippen LogP contribution in [0.4, 0.5) is 0 Å². The van der Waals surface area contributed by atoms with Gasteiger partial charge in [0.25, 0.3) is 0 Å². The molecule has 0 aromatic heterocycles. The van der Waals surface area contributed by atoms with Crippen molar-refractivity contribution in [2.75, 3.05) is 0 Å². The van der Waals surface area contributed by atoms with Crippen molar-refractivity contribution in [1.29, 1.82) is 5.41 Å². The van der Waals surface area contributed by atoms with Crippen molar-refractivity contribution in [1.82, 2.24) is 0 Å². The number of hydrogen-bond acceptors (Lipinski definition) is 1. The van der Waals surface area contributed by atoms with E-state index in [0.717, 1.165) is 12.8 Å². The van der Waals surface area contributed by atoms with Crippen molar-refractivity contribution < 1.29 is 0 Å².